The molecule has 0 aliphatic rings. The number of ether oxygens (including phenoxy) is 1. The Hall–Kier alpha value is -2.80. The Morgan fingerprint density at radius 3 is 2.60 bits per heavy atom. The molecule has 7 heteroatoms. The van der Waals surface area contributed by atoms with Gasteiger partial charge in [0.15, 0.2) is 4.80 Å². The van der Waals surface area contributed by atoms with Gasteiger partial charge in [-0.25, -0.2) is 0 Å². The number of thiazole rings is 1. The Balaban J connectivity index is 1.77. The van der Waals surface area contributed by atoms with E-state index in [1.165, 1.54) is 29.5 Å². The molecule has 0 unspecified atom stereocenters. The third kappa shape index (κ3) is 4.19. The fourth-order valence-electron chi connectivity index (χ4n) is 2.25. The smallest absolute Gasteiger partial charge is 0.387 e. The molecule has 0 saturated heterocycles. The Kier molecular flexibility index (Phi) is 5.04. The molecule has 0 spiro atoms. The molecule has 0 N–H and O–H groups in total. The van der Waals surface area contributed by atoms with E-state index >= 15 is 0 Å². The number of carbonyl (C=O) groups is 1. The van der Waals surface area contributed by atoms with Crippen LogP contribution in [0.3, 0.4) is 0 Å². The van der Waals surface area contributed by atoms with Gasteiger partial charge in [0.2, 0.25) is 0 Å². The molecular formula is C18H14F2N2O2S. The standard InChI is InChI=1S/C18H14F2N2O2S/c1-22-14-4-2-3-5-15(14)25-18(22)21-16(23)11-8-12-6-9-13(10-7-12)24-17(19)20/h2-11,17H,1H3/b11-8+,21-18?. The fraction of sp³-hybridized carbons (Fsp3) is 0.111. The van der Waals surface area contributed by atoms with Crippen LogP contribution in [0.25, 0.3) is 16.3 Å². The Labute approximate surface area is 146 Å². The van der Waals surface area contributed by atoms with Crippen molar-refractivity contribution in [3.05, 3.63) is 65.0 Å². The molecule has 25 heavy (non-hydrogen) atoms. The number of rotatable bonds is 4. The van der Waals surface area contributed by atoms with Gasteiger partial charge in [0.1, 0.15) is 5.75 Å². The molecule has 0 aliphatic heterocycles. The highest BCUT2D eigenvalue weighted by molar-refractivity contribution is 7.16. The minimum atomic E-state index is -2.86. The van der Waals surface area contributed by atoms with Crippen LogP contribution in [0.5, 0.6) is 5.75 Å². The lowest BCUT2D eigenvalue weighted by molar-refractivity contribution is -0.113. The number of para-hydroxylation sites is 1. The van der Waals surface area contributed by atoms with E-state index in [2.05, 4.69) is 9.73 Å². The van der Waals surface area contributed by atoms with Gasteiger partial charge in [-0.05, 0) is 35.9 Å². The quantitative estimate of drug-likeness (QED) is 0.661. The highest BCUT2D eigenvalue weighted by atomic mass is 32.1. The number of hydrogen-bond acceptors (Lipinski definition) is 3. The summed E-state index contributed by atoms with van der Waals surface area (Å²) in [6, 6.07) is 13.8. The molecule has 4 nitrogen and oxygen atoms in total. The van der Waals surface area contributed by atoms with Crippen molar-refractivity contribution in [3.63, 3.8) is 0 Å². The summed E-state index contributed by atoms with van der Waals surface area (Å²) in [5.41, 5.74) is 1.70. The number of halogens is 2. The van der Waals surface area contributed by atoms with Crippen molar-refractivity contribution in [2.24, 2.45) is 12.0 Å². The van der Waals surface area contributed by atoms with Crippen molar-refractivity contribution >= 4 is 33.5 Å². The Morgan fingerprint density at radius 1 is 1.20 bits per heavy atom. The molecule has 128 valence electrons. The van der Waals surface area contributed by atoms with Gasteiger partial charge < -0.3 is 9.30 Å². The van der Waals surface area contributed by atoms with Gasteiger partial charge in [-0.15, -0.1) is 0 Å². The number of benzene rings is 2. The summed E-state index contributed by atoms with van der Waals surface area (Å²) < 4.78 is 31.4. The first-order valence-electron chi connectivity index (χ1n) is 7.39. The Bertz CT molecular complexity index is 988. The van der Waals surface area contributed by atoms with Gasteiger partial charge >= 0.3 is 6.61 Å². The highest BCUT2D eigenvalue weighted by Crippen LogP contribution is 2.16. The zero-order chi connectivity index (χ0) is 17.8. The minimum Gasteiger partial charge on any atom is -0.435 e. The maximum absolute atomic E-state index is 12.1. The zero-order valence-electron chi connectivity index (χ0n) is 13.2. The van der Waals surface area contributed by atoms with E-state index in [0.29, 0.717) is 10.4 Å². The lowest BCUT2D eigenvalue weighted by Crippen LogP contribution is -2.12. The van der Waals surface area contributed by atoms with Crippen molar-refractivity contribution in [1.82, 2.24) is 4.57 Å². The van der Waals surface area contributed by atoms with E-state index in [4.69, 9.17) is 0 Å². The van der Waals surface area contributed by atoms with Crippen molar-refractivity contribution in [1.29, 1.82) is 0 Å². The van der Waals surface area contributed by atoms with Crippen LogP contribution in [-0.2, 0) is 11.8 Å². The third-order valence-electron chi connectivity index (χ3n) is 3.44. The summed E-state index contributed by atoms with van der Waals surface area (Å²) in [7, 11) is 1.86. The second-order valence-electron chi connectivity index (χ2n) is 5.14. The first-order valence-corrected chi connectivity index (χ1v) is 8.21. The van der Waals surface area contributed by atoms with Crippen LogP contribution in [0.4, 0.5) is 8.78 Å². The van der Waals surface area contributed by atoms with Crippen LogP contribution in [0.2, 0.25) is 0 Å². The van der Waals surface area contributed by atoms with E-state index in [0.717, 1.165) is 10.2 Å². The highest BCUT2D eigenvalue weighted by Gasteiger charge is 2.04. The third-order valence-corrected chi connectivity index (χ3v) is 4.56. The minimum absolute atomic E-state index is 0.0699. The van der Waals surface area contributed by atoms with Crippen LogP contribution in [0.15, 0.2) is 59.6 Å². The number of aryl methyl sites for hydroxylation is 1. The predicted molar refractivity (Wildman–Crippen MR) is 93.5 cm³/mol. The lowest BCUT2D eigenvalue weighted by Gasteiger charge is -2.03. The fourth-order valence-corrected chi connectivity index (χ4v) is 3.27. The number of carbonyl (C=O) groups excluding carboxylic acids is 1. The number of nitrogens with zero attached hydrogens (tertiary/aromatic N) is 2. The number of aromatic nitrogens is 1. The molecule has 1 aromatic heterocycles. The van der Waals surface area contributed by atoms with Gasteiger partial charge in [0.25, 0.3) is 5.91 Å². The second kappa shape index (κ2) is 7.40. The van der Waals surface area contributed by atoms with Crippen molar-refractivity contribution in [2.45, 2.75) is 6.61 Å². The summed E-state index contributed by atoms with van der Waals surface area (Å²) in [6.45, 7) is -2.86. The summed E-state index contributed by atoms with van der Waals surface area (Å²) in [5, 5.41) is 0. The summed E-state index contributed by atoms with van der Waals surface area (Å²) >= 11 is 1.44. The molecule has 0 radical (unpaired) electrons. The molecule has 0 atom stereocenters. The molecule has 2 aromatic carbocycles. The van der Waals surface area contributed by atoms with E-state index in [9.17, 15) is 13.6 Å². The van der Waals surface area contributed by atoms with Gasteiger partial charge in [0.05, 0.1) is 10.2 Å². The van der Waals surface area contributed by atoms with Crippen LogP contribution in [0, 0.1) is 0 Å². The predicted octanol–water partition coefficient (Wildman–Crippen LogP) is 3.98. The average Bonchev–Trinajstić information content (AvgIpc) is 2.90. The number of hydrogen-bond donors (Lipinski definition) is 0. The zero-order valence-corrected chi connectivity index (χ0v) is 14.0. The van der Waals surface area contributed by atoms with Crippen LogP contribution in [0.1, 0.15) is 5.56 Å². The number of alkyl halides is 2. The monoisotopic (exact) mass is 360 g/mol. The van der Waals surface area contributed by atoms with Crippen molar-refractivity contribution < 1.29 is 18.3 Å². The topological polar surface area (TPSA) is 43.6 Å². The van der Waals surface area contributed by atoms with Crippen molar-refractivity contribution in [3.8, 4) is 5.75 Å². The molecule has 0 saturated carbocycles. The maximum Gasteiger partial charge on any atom is 0.387 e. The van der Waals surface area contributed by atoms with Gasteiger partial charge in [-0.3, -0.25) is 4.79 Å². The van der Waals surface area contributed by atoms with Crippen LogP contribution >= 0.6 is 11.3 Å². The van der Waals surface area contributed by atoms with Crippen molar-refractivity contribution in [2.75, 3.05) is 0 Å². The average molecular weight is 360 g/mol. The molecule has 0 fully saturated rings. The van der Waals surface area contributed by atoms with E-state index in [1.54, 1.807) is 18.2 Å². The van der Waals surface area contributed by atoms with E-state index in [-0.39, 0.29) is 5.75 Å². The second-order valence-corrected chi connectivity index (χ2v) is 6.15. The number of fused-ring (bicyclic) bond motifs is 1. The lowest BCUT2D eigenvalue weighted by atomic mass is 10.2. The number of amides is 1. The summed E-state index contributed by atoms with van der Waals surface area (Å²) in [4.78, 5) is 16.8. The SMILES string of the molecule is Cn1c(=NC(=O)/C=C/c2ccc(OC(F)F)cc2)sc2ccccc21. The molecule has 0 bridgehead atoms. The summed E-state index contributed by atoms with van der Waals surface area (Å²) in [5.74, 6) is -0.324. The maximum atomic E-state index is 12.1. The summed E-state index contributed by atoms with van der Waals surface area (Å²) in [6.07, 6.45) is 2.92. The van der Waals surface area contributed by atoms with E-state index < -0.39 is 12.5 Å². The largest absolute Gasteiger partial charge is 0.435 e. The molecule has 1 amide bonds. The van der Waals surface area contributed by atoms with Gasteiger partial charge in [0, 0.05) is 13.1 Å². The van der Waals surface area contributed by atoms with Gasteiger partial charge in [-0.2, -0.15) is 13.8 Å². The molecule has 3 aromatic rings. The molecule has 3 rings (SSSR count). The first kappa shape index (κ1) is 17.0. The van der Waals surface area contributed by atoms with Crippen LogP contribution < -0.4 is 9.54 Å². The molecular weight excluding hydrogens is 346 g/mol. The van der Waals surface area contributed by atoms with E-state index in [1.807, 2.05) is 35.9 Å². The van der Waals surface area contributed by atoms with Gasteiger partial charge in [-0.1, -0.05) is 35.6 Å². The van der Waals surface area contributed by atoms with Crippen LogP contribution in [-0.4, -0.2) is 17.1 Å². The normalized spacial score (nSPS) is 12.4. The Morgan fingerprint density at radius 2 is 1.92 bits per heavy atom. The molecule has 1 heterocycles. The first-order chi connectivity index (χ1) is 12.0. The molecule has 0 aliphatic carbocycles.